The van der Waals surface area contributed by atoms with Crippen LogP contribution in [-0.2, 0) is 16.0 Å². The van der Waals surface area contributed by atoms with Crippen LogP contribution in [0.3, 0.4) is 0 Å². The van der Waals surface area contributed by atoms with Crippen molar-refractivity contribution < 1.29 is 23.3 Å². The molecule has 0 aliphatic rings. The van der Waals surface area contributed by atoms with E-state index in [0.717, 1.165) is 11.6 Å². The number of halogens is 1. The Morgan fingerprint density at radius 2 is 1.89 bits per heavy atom. The summed E-state index contributed by atoms with van der Waals surface area (Å²) in [5, 5.41) is 14.2. The number of furan rings is 1. The van der Waals surface area contributed by atoms with Crippen LogP contribution in [0.2, 0.25) is 0 Å². The molecule has 0 bridgehead atoms. The van der Waals surface area contributed by atoms with E-state index in [-0.39, 0.29) is 29.2 Å². The summed E-state index contributed by atoms with van der Waals surface area (Å²) in [4.78, 5) is 32.5. The largest absolute Gasteiger partial charge is 0.465 e. The summed E-state index contributed by atoms with van der Waals surface area (Å²) >= 11 is 0. The van der Waals surface area contributed by atoms with Crippen molar-refractivity contribution in [1.82, 2.24) is 9.97 Å². The number of ether oxygens (including phenoxy) is 1. The molecule has 0 atom stereocenters. The summed E-state index contributed by atoms with van der Waals surface area (Å²) in [5.41, 5.74) is -0.0629. The van der Waals surface area contributed by atoms with Gasteiger partial charge in [0.2, 0.25) is 5.82 Å². The predicted octanol–water partition coefficient (Wildman–Crippen LogP) is 6.17. The quantitative estimate of drug-likeness (QED) is 0.128. The van der Waals surface area contributed by atoms with Crippen molar-refractivity contribution in [2.75, 3.05) is 5.32 Å². The molecule has 2 aromatic heterocycles. The minimum Gasteiger partial charge on any atom is -0.465 e. The van der Waals surface area contributed by atoms with Gasteiger partial charge in [0.05, 0.1) is 28.8 Å². The highest BCUT2D eigenvalue weighted by Gasteiger charge is 2.24. The molecule has 0 saturated carbocycles. The summed E-state index contributed by atoms with van der Waals surface area (Å²) in [5.74, 6) is -1.01. The molecule has 0 aliphatic carbocycles. The molecule has 38 heavy (non-hydrogen) atoms. The van der Waals surface area contributed by atoms with Crippen molar-refractivity contribution in [2.45, 2.75) is 32.8 Å². The van der Waals surface area contributed by atoms with E-state index in [4.69, 9.17) is 9.15 Å². The zero-order valence-corrected chi connectivity index (χ0v) is 21.0. The molecule has 4 rings (SSSR count). The molecular formula is C28H25FN4O5. The van der Waals surface area contributed by atoms with E-state index in [0.29, 0.717) is 11.5 Å². The van der Waals surface area contributed by atoms with Crippen LogP contribution in [0.5, 0.6) is 0 Å². The van der Waals surface area contributed by atoms with Gasteiger partial charge in [-0.2, -0.15) is 4.39 Å². The zero-order chi connectivity index (χ0) is 27.3. The molecule has 2 heterocycles. The monoisotopic (exact) mass is 516 g/mol. The number of hydrogen-bond donors (Lipinski definition) is 1. The molecule has 0 radical (unpaired) electrons. The van der Waals surface area contributed by atoms with Crippen molar-refractivity contribution in [3.8, 4) is 11.3 Å². The third-order valence-corrected chi connectivity index (χ3v) is 5.21. The smallest absolute Gasteiger partial charge is 0.355 e. The minimum atomic E-state index is -1.01. The minimum absolute atomic E-state index is 0.0489. The number of carbonyl (C=O) groups is 1. The van der Waals surface area contributed by atoms with Crippen LogP contribution in [0.15, 0.2) is 83.2 Å². The number of aromatic nitrogens is 2. The third kappa shape index (κ3) is 6.47. The van der Waals surface area contributed by atoms with E-state index in [9.17, 15) is 19.3 Å². The fraction of sp³-hybridized carbons (Fsp3) is 0.179. The molecule has 0 saturated heterocycles. The van der Waals surface area contributed by atoms with Gasteiger partial charge in [0, 0.05) is 24.1 Å². The molecule has 4 aromatic rings. The Morgan fingerprint density at radius 3 is 2.55 bits per heavy atom. The highest BCUT2D eigenvalue weighted by molar-refractivity contribution is 5.96. The maximum atomic E-state index is 14.9. The SMILES string of the molecule is CC(C)(C)OC(=O)/C(=C/c1ccco1)Nc1ncc(-c2cccc([N+](=O)[O-])c2F)nc1Cc1ccccc1. The first-order chi connectivity index (χ1) is 18.1. The Bertz CT molecular complexity index is 1480. The van der Waals surface area contributed by atoms with Crippen molar-refractivity contribution in [3.63, 3.8) is 0 Å². The van der Waals surface area contributed by atoms with E-state index in [2.05, 4.69) is 15.3 Å². The van der Waals surface area contributed by atoms with Crippen LogP contribution in [0.1, 0.15) is 37.8 Å². The number of nitro groups is 1. The molecule has 1 N–H and O–H groups in total. The number of esters is 1. The molecule has 0 aliphatic heterocycles. The van der Waals surface area contributed by atoms with Crippen molar-refractivity contribution >= 4 is 23.6 Å². The van der Waals surface area contributed by atoms with Gasteiger partial charge in [-0.05, 0) is 44.5 Å². The Hall–Kier alpha value is -4.86. The number of nitrogens with one attached hydrogen (secondary N) is 1. The summed E-state index contributed by atoms with van der Waals surface area (Å²) < 4.78 is 25.9. The van der Waals surface area contributed by atoms with E-state index < -0.39 is 28.0 Å². The van der Waals surface area contributed by atoms with Gasteiger partial charge in [0.1, 0.15) is 17.1 Å². The number of nitrogens with zero attached hydrogens (tertiary/aromatic N) is 3. The van der Waals surface area contributed by atoms with Crippen LogP contribution in [0.4, 0.5) is 15.9 Å². The summed E-state index contributed by atoms with van der Waals surface area (Å²) in [6, 6.07) is 16.6. The lowest BCUT2D eigenvalue weighted by atomic mass is 10.1. The average molecular weight is 517 g/mol. The summed E-state index contributed by atoms with van der Waals surface area (Å²) in [7, 11) is 0. The molecule has 9 nitrogen and oxygen atoms in total. The number of carbonyl (C=O) groups excluding carboxylic acids is 1. The molecule has 0 amide bonds. The molecule has 10 heteroatoms. The lowest BCUT2D eigenvalue weighted by Crippen LogP contribution is -2.27. The maximum Gasteiger partial charge on any atom is 0.355 e. The van der Waals surface area contributed by atoms with Crippen LogP contribution >= 0.6 is 0 Å². The van der Waals surface area contributed by atoms with Gasteiger partial charge in [-0.3, -0.25) is 10.1 Å². The standard InChI is InChI=1S/C28H25FN4O5/c1-28(2,3)38-27(34)22(16-19-11-8-14-37-19)32-26-21(15-18-9-5-4-6-10-18)31-23(17-30-26)20-12-7-13-24(25(20)29)33(35)36/h4-14,16-17H,15H2,1-3H3,(H,30,32)/b22-16-. The Balaban J connectivity index is 1.79. The molecule has 0 unspecified atom stereocenters. The van der Waals surface area contributed by atoms with E-state index in [1.54, 1.807) is 32.9 Å². The van der Waals surface area contributed by atoms with E-state index in [1.165, 1.54) is 30.7 Å². The average Bonchev–Trinajstić information content (AvgIpc) is 3.37. The lowest BCUT2D eigenvalue weighted by Gasteiger charge is -2.21. The Labute approximate surface area is 218 Å². The molecule has 0 fully saturated rings. The van der Waals surface area contributed by atoms with Crippen molar-refractivity contribution in [1.29, 1.82) is 0 Å². The summed E-state index contributed by atoms with van der Waals surface area (Å²) in [6.45, 7) is 5.25. The van der Waals surface area contributed by atoms with Crippen LogP contribution in [0.25, 0.3) is 17.3 Å². The topological polar surface area (TPSA) is 120 Å². The molecule has 194 valence electrons. The zero-order valence-electron chi connectivity index (χ0n) is 21.0. The second kappa shape index (κ2) is 11.0. The third-order valence-electron chi connectivity index (χ3n) is 5.21. The van der Waals surface area contributed by atoms with Gasteiger partial charge in [-0.25, -0.2) is 14.8 Å². The van der Waals surface area contributed by atoms with Crippen LogP contribution in [0, 0.1) is 15.9 Å². The highest BCUT2D eigenvalue weighted by atomic mass is 19.1. The number of hydrogen-bond acceptors (Lipinski definition) is 8. The number of anilines is 1. The number of nitro benzene ring substituents is 1. The van der Waals surface area contributed by atoms with Crippen LogP contribution < -0.4 is 5.32 Å². The predicted molar refractivity (Wildman–Crippen MR) is 139 cm³/mol. The van der Waals surface area contributed by atoms with Crippen molar-refractivity contribution in [3.05, 3.63) is 112 Å². The molecule has 2 aromatic carbocycles. The molecule has 0 spiro atoms. The second-order valence-electron chi connectivity index (χ2n) is 9.31. The van der Waals surface area contributed by atoms with E-state index in [1.807, 2.05) is 30.3 Å². The van der Waals surface area contributed by atoms with Crippen molar-refractivity contribution in [2.24, 2.45) is 0 Å². The summed E-state index contributed by atoms with van der Waals surface area (Å²) in [6.07, 6.45) is 4.53. The first-order valence-corrected chi connectivity index (χ1v) is 11.7. The normalized spacial score (nSPS) is 11.7. The van der Waals surface area contributed by atoms with Crippen LogP contribution in [-0.4, -0.2) is 26.5 Å². The fourth-order valence-corrected chi connectivity index (χ4v) is 3.56. The van der Waals surface area contributed by atoms with Gasteiger partial charge in [0.25, 0.3) is 0 Å². The van der Waals surface area contributed by atoms with Gasteiger partial charge in [-0.1, -0.05) is 36.4 Å². The Kier molecular flexibility index (Phi) is 7.61. The van der Waals surface area contributed by atoms with Gasteiger partial charge < -0.3 is 14.5 Å². The Morgan fingerprint density at radius 1 is 1.13 bits per heavy atom. The first-order valence-electron chi connectivity index (χ1n) is 11.7. The van der Waals surface area contributed by atoms with Gasteiger partial charge in [-0.15, -0.1) is 0 Å². The second-order valence-corrected chi connectivity index (χ2v) is 9.31. The van der Waals surface area contributed by atoms with E-state index >= 15 is 0 Å². The lowest BCUT2D eigenvalue weighted by molar-refractivity contribution is -0.387. The van der Waals surface area contributed by atoms with Gasteiger partial charge >= 0.3 is 11.7 Å². The number of benzene rings is 2. The fourth-order valence-electron chi connectivity index (χ4n) is 3.56. The number of rotatable bonds is 8. The highest BCUT2D eigenvalue weighted by Crippen LogP contribution is 2.29. The first kappa shape index (κ1) is 26.2. The molecular weight excluding hydrogens is 491 g/mol. The maximum absolute atomic E-state index is 14.9. The van der Waals surface area contributed by atoms with Gasteiger partial charge in [0.15, 0.2) is 5.82 Å².